The molecule has 2 aromatic carbocycles. The third-order valence-corrected chi connectivity index (χ3v) is 3.32. The van der Waals surface area contributed by atoms with Crippen LogP contribution in [0.5, 0.6) is 0 Å². The second-order valence-electron chi connectivity index (χ2n) is 4.65. The first-order valence-corrected chi connectivity index (χ1v) is 6.57. The van der Waals surface area contributed by atoms with Crippen LogP contribution in [0.3, 0.4) is 0 Å². The molecule has 3 rings (SSSR count). The van der Waals surface area contributed by atoms with Crippen LogP contribution in [0.15, 0.2) is 54.6 Å². The predicted molar refractivity (Wildman–Crippen MR) is 79.4 cm³/mol. The SMILES string of the molecule is Cc1ccccc1-n1nnc(CN)c1-c1ccccc1. The van der Waals surface area contributed by atoms with Crippen molar-refractivity contribution >= 4 is 0 Å². The van der Waals surface area contributed by atoms with Gasteiger partial charge in [-0.05, 0) is 18.6 Å². The Morgan fingerprint density at radius 2 is 1.70 bits per heavy atom. The minimum atomic E-state index is 0.371. The smallest absolute Gasteiger partial charge is 0.105 e. The van der Waals surface area contributed by atoms with E-state index in [0.29, 0.717) is 6.54 Å². The number of para-hydroxylation sites is 1. The van der Waals surface area contributed by atoms with Crippen molar-refractivity contribution in [2.24, 2.45) is 5.73 Å². The van der Waals surface area contributed by atoms with Crippen molar-refractivity contribution in [1.29, 1.82) is 0 Å². The molecule has 0 radical (unpaired) electrons. The van der Waals surface area contributed by atoms with Gasteiger partial charge in [0.15, 0.2) is 0 Å². The Morgan fingerprint density at radius 1 is 1.00 bits per heavy atom. The summed E-state index contributed by atoms with van der Waals surface area (Å²) in [7, 11) is 0. The van der Waals surface area contributed by atoms with Crippen LogP contribution in [0, 0.1) is 6.92 Å². The van der Waals surface area contributed by atoms with E-state index in [1.807, 2.05) is 53.2 Å². The zero-order chi connectivity index (χ0) is 13.9. The Bertz CT molecular complexity index is 716. The lowest BCUT2D eigenvalue weighted by Crippen LogP contribution is -2.03. The molecule has 0 aliphatic rings. The highest BCUT2D eigenvalue weighted by molar-refractivity contribution is 5.64. The highest BCUT2D eigenvalue weighted by Crippen LogP contribution is 2.26. The first kappa shape index (κ1) is 12.6. The Morgan fingerprint density at radius 3 is 2.40 bits per heavy atom. The third kappa shape index (κ3) is 2.10. The molecule has 2 N–H and O–H groups in total. The van der Waals surface area contributed by atoms with Crippen LogP contribution in [0.1, 0.15) is 11.3 Å². The Kier molecular flexibility index (Phi) is 3.31. The summed E-state index contributed by atoms with van der Waals surface area (Å²) < 4.78 is 1.87. The van der Waals surface area contributed by atoms with Gasteiger partial charge in [-0.2, -0.15) is 0 Å². The molecule has 0 unspecified atom stereocenters. The lowest BCUT2D eigenvalue weighted by molar-refractivity contribution is 0.796. The van der Waals surface area contributed by atoms with Crippen LogP contribution in [0.2, 0.25) is 0 Å². The minimum absolute atomic E-state index is 0.371. The van der Waals surface area contributed by atoms with E-state index in [2.05, 4.69) is 23.3 Å². The van der Waals surface area contributed by atoms with E-state index in [1.54, 1.807) is 0 Å². The Balaban J connectivity index is 2.24. The summed E-state index contributed by atoms with van der Waals surface area (Å²) in [6, 6.07) is 18.2. The molecule has 0 saturated heterocycles. The maximum atomic E-state index is 5.80. The highest BCUT2D eigenvalue weighted by atomic mass is 15.4. The molecular formula is C16H16N4. The molecule has 4 heteroatoms. The number of benzene rings is 2. The van der Waals surface area contributed by atoms with E-state index in [1.165, 1.54) is 0 Å². The molecule has 0 amide bonds. The molecule has 0 fully saturated rings. The van der Waals surface area contributed by atoms with Gasteiger partial charge in [0.25, 0.3) is 0 Å². The molecule has 1 heterocycles. The average molecular weight is 264 g/mol. The number of aryl methyl sites for hydroxylation is 1. The fourth-order valence-electron chi connectivity index (χ4n) is 2.31. The second kappa shape index (κ2) is 5.27. The van der Waals surface area contributed by atoms with Crippen molar-refractivity contribution in [3.63, 3.8) is 0 Å². The summed E-state index contributed by atoms with van der Waals surface area (Å²) >= 11 is 0. The number of rotatable bonds is 3. The number of nitrogens with zero attached hydrogens (tertiary/aromatic N) is 3. The Hall–Kier alpha value is -2.46. The molecule has 0 bridgehead atoms. The molecule has 3 aromatic rings. The van der Waals surface area contributed by atoms with Crippen molar-refractivity contribution in [2.75, 3.05) is 0 Å². The van der Waals surface area contributed by atoms with Crippen LogP contribution < -0.4 is 5.73 Å². The number of hydrogen-bond acceptors (Lipinski definition) is 3. The molecule has 20 heavy (non-hydrogen) atoms. The third-order valence-electron chi connectivity index (χ3n) is 3.32. The van der Waals surface area contributed by atoms with Gasteiger partial charge in [0.2, 0.25) is 0 Å². The van der Waals surface area contributed by atoms with Gasteiger partial charge in [0, 0.05) is 12.1 Å². The summed E-state index contributed by atoms with van der Waals surface area (Å²) in [6.45, 7) is 2.43. The van der Waals surface area contributed by atoms with Gasteiger partial charge >= 0.3 is 0 Å². The second-order valence-corrected chi connectivity index (χ2v) is 4.65. The minimum Gasteiger partial charge on any atom is -0.325 e. The van der Waals surface area contributed by atoms with Gasteiger partial charge in [-0.25, -0.2) is 4.68 Å². The topological polar surface area (TPSA) is 56.7 Å². The van der Waals surface area contributed by atoms with Crippen LogP contribution >= 0.6 is 0 Å². The van der Waals surface area contributed by atoms with Crippen molar-refractivity contribution in [3.05, 3.63) is 65.9 Å². The van der Waals surface area contributed by atoms with Gasteiger partial charge in [-0.15, -0.1) is 5.10 Å². The predicted octanol–water partition coefficient (Wildman–Crippen LogP) is 2.70. The van der Waals surface area contributed by atoms with Crippen molar-refractivity contribution < 1.29 is 0 Å². The maximum Gasteiger partial charge on any atom is 0.105 e. The van der Waals surface area contributed by atoms with E-state index in [9.17, 15) is 0 Å². The zero-order valence-corrected chi connectivity index (χ0v) is 11.3. The molecule has 0 aliphatic carbocycles. The molecule has 0 atom stereocenters. The highest BCUT2D eigenvalue weighted by Gasteiger charge is 2.15. The molecule has 0 spiro atoms. The van der Waals surface area contributed by atoms with Gasteiger partial charge in [-0.3, -0.25) is 0 Å². The first-order chi connectivity index (χ1) is 9.81. The van der Waals surface area contributed by atoms with Gasteiger partial charge in [-0.1, -0.05) is 53.7 Å². The lowest BCUT2D eigenvalue weighted by atomic mass is 10.1. The van der Waals surface area contributed by atoms with Crippen LogP contribution in [0.4, 0.5) is 0 Å². The molecule has 1 aromatic heterocycles. The van der Waals surface area contributed by atoms with Crippen LogP contribution in [-0.4, -0.2) is 15.0 Å². The first-order valence-electron chi connectivity index (χ1n) is 6.57. The zero-order valence-electron chi connectivity index (χ0n) is 11.3. The molecular weight excluding hydrogens is 248 g/mol. The van der Waals surface area contributed by atoms with E-state index in [-0.39, 0.29) is 0 Å². The van der Waals surface area contributed by atoms with E-state index in [4.69, 9.17) is 5.73 Å². The normalized spacial score (nSPS) is 10.7. The summed E-state index contributed by atoms with van der Waals surface area (Å²) in [5, 5.41) is 8.50. The lowest BCUT2D eigenvalue weighted by Gasteiger charge is -2.10. The van der Waals surface area contributed by atoms with Crippen molar-refractivity contribution in [3.8, 4) is 16.9 Å². The quantitative estimate of drug-likeness (QED) is 0.791. The maximum absolute atomic E-state index is 5.80. The summed E-state index contributed by atoms with van der Waals surface area (Å²) in [5.74, 6) is 0. The van der Waals surface area contributed by atoms with Gasteiger partial charge < -0.3 is 5.73 Å². The van der Waals surface area contributed by atoms with Gasteiger partial charge in [0.1, 0.15) is 5.69 Å². The molecule has 0 aliphatic heterocycles. The number of aromatic nitrogens is 3. The summed E-state index contributed by atoms with van der Waals surface area (Å²) in [6.07, 6.45) is 0. The van der Waals surface area contributed by atoms with Crippen LogP contribution in [0.25, 0.3) is 16.9 Å². The standard InChI is InChI=1S/C16H16N4/c1-12-7-5-6-10-15(12)20-16(14(11-17)18-19-20)13-8-3-2-4-9-13/h2-10H,11,17H2,1H3. The molecule has 100 valence electrons. The Labute approximate surface area is 117 Å². The number of nitrogens with two attached hydrogens (primary N) is 1. The molecule has 4 nitrogen and oxygen atoms in total. The molecule has 0 saturated carbocycles. The van der Waals surface area contributed by atoms with Crippen LogP contribution in [-0.2, 0) is 6.54 Å². The fourth-order valence-corrected chi connectivity index (χ4v) is 2.31. The van der Waals surface area contributed by atoms with Gasteiger partial charge in [0.05, 0.1) is 11.4 Å². The monoisotopic (exact) mass is 264 g/mol. The summed E-state index contributed by atoms with van der Waals surface area (Å²) in [5.41, 5.74) is 10.8. The fraction of sp³-hybridized carbons (Fsp3) is 0.125. The van der Waals surface area contributed by atoms with E-state index >= 15 is 0 Å². The summed E-state index contributed by atoms with van der Waals surface area (Å²) in [4.78, 5) is 0. The van der Waals surface area contributed by atoms with E-state index < -0.39 is 0 Å². The number of hydrogen-bond donors (Lipinski definition) is 1. The van der Waals surface area contributed by atoms with Crippen molar-refractivity contribution in [1.82, 2.24) is 15.0 Å². The largest absolute Gasteiger partial charge is 0.325 e. The van der Waals surface area contributed by atoms with Crippen molar-refractivity contribution in [2.45, 2.75) is 13.5 Å². The average Bonchev–Trinajstić information content (AvgIpc) is 2.92. The van der Waals surface area contributed by atoms with E-state index in [0.717, 1.165) is 28.2 Å².